The highest BCUT2D eigenvalue weighted by atomic mass is 32.2. The molecule has 0 aromatic carbocycles. The largest absolute Gasteiger partial charge is 0.347 e. The summed E-state index contributed by atoms with van der Waals surface area (Å²) in [5, 5.41) is 11.2. The Hall–Kier alpha value is -1.96. The van der Waals surface area contributed by atoms with Gasteiger partial charge in [0, 0.05) is 17.6 Å². The van der Waals surface area contributed by atoms with Crippen LogP contribution in [0.3, 0.4) is 0 Å². The first-order valence-corrected chi connectivity index (χ1v) is 7.68. The summed E-state index contributed by atoms with van der Waals surface area (Å²) in [6, 6.07) is 3.08. The molecule has 1 aliphatic rings. The van der Waals surface area contributed by atoms with Gasteiger partial charge in [0.2, 0.25) is 0 Å². The van der Waals surface area contributed by atoms with E-state index in [0.717, 1.165) is 5.39 Å². The average Bonchev–Trinajstić information content (AvgIpc) is 2.94. The molecule has 19 heavy (non-hydrogen) atoms. The molecule has 2 N–H and O–H groups in total. The maximum absolute atomic E-state index is 12.0. The zero-order valence-electron chi connectivity index (χ0n) is 9.96. The van der Waals surface area contributed by atoms with Gasteiger partial charge in [0.05, 0.1) is 11.5 Å². The summed E-state index contributed by atoms with van der Waals surface area (Å²) >= 11 is 0. The van der Waals surface area contributed by atoms with Crippen molar-refractivity contribution in [3.8, 4) is 0 Å². The zero-order chi connectivity index (χ0) is 13.5. The molecule has 1 atom stereocenters. The van der Waals surface area contributed by atoms with Crippen LogP contribution in [0.2, 0.25) is 0 Å². The first-order chi connectivity index (χ1) is 9.03. The number of hydrogen-bond acceptors (Lipinski definition) is 5. The standard InChI is InChI=1S/C11H12N4O3S/c16-11(13-8-2-4-19(17,18)6-8)9-5-7-1-3-12-10(7)15-14-9/h1,3,5,8H,2,4,6H2,(H,12,15)(H,13,16). The van der Waals surface area contributed by atoms with E-state index in [1.54, 1.807) is 18.3 Å². The Morgan fingerprint density at radius 1 is 1.42 bits per heavy atom. The lowest BCUT2D eigenvalue weighted by Gasteiger charge is -2.09. The van der Waals surface area contributed by atoms with E-state index in [1.165, 1.54) is 0 Å². The van der Waals surface area contributed by atoms with E-state index in [9.17, 15) is 13.2 Å². The van der Waals surface area contributed by atoms with Gasteiger partial charge in [-0.2, -0.15) is 0 Å². The van der Waals surface area contributed by atoms with Gasteiger partial charge in [0.1, 0.15) is 0 Å². The van der Waals surface area contributed by atoms with Gasteiger partial charge in [-0.3, -0.25) is 4.79 Å². The molecule has 1 saturated heterocycles. The number of carbonyl (C=O) groups is 1. The molecular weight excluding hydrogens is 268 g/mol. The van der Waals surface area contributed by atoms with Crippen LogP contribution in [-0.2, 0) is 9.84 Å². The smallest absolute Gasteiger partial charge is 0.272 e. The lowest BCUT2D eigenvalue weighted by molar-refractivity contribution is 0.0935. The highest BCUT2D eigenvalue weighted by molar-refractivity contribution is 7.91. The summed E-state index contributed by atoms with van der Waals surface area (Å²) in [6.07, 6.45) is 2.17. The average molecular weight is 280 g/mol. The predicted molar refractivity (Wildman–Crippen MR) is 68.4 cm³/mol. The zero-order valence-corrected chi connectivity index (χ0v) is 10.8. The fourth-order valence-corrected chi connectivity index (χ4v) is 3.81. The van der Waals surface area contributed by atoms with E-state index < -0.39 is 15.7 Å². The molecule has 0 bridgehead atoms. The molecule has 7 nitrogen and oxygen atoms in total. The van der Waals surface area contributed by atoms with E-state index in [-0.39, 0.29) is 23.2 Å². The molecule has 0 aliphatic carbocycles. The van der Waals surface area contributed by atoms with E-state index in [2.05, 4.69) is 20.5 Å². The molecule has 8 heteroatoms. The van der Waals surface area contributed by atoms with Crippen molar-refractivity contribution >= 4 is 26.8 Å². The summed E-state index contributed by atoms with van der Waals surface area (Å²) in [4.78, 5) is 14.8. The number of aromatic amines is 1. The third-order valence-electron chi connectivity index (χ3n) is 3.11. The fourth-order valence-electron chi connectivity index (χ4n) is 2.13. The van der Waals surface area contributed by atoms with Crippen molar-refractivity contribution in [2.24, 2.45) is 0 Å². The number of nitrogens with zero attached hydrogens (tertiary/aromatic N) is 2. The number of amides is 1. The number of rotatable bonds is 2. The third kappa shape index (κ3) is 2.43. The van der Waals surface area contributed by atoms with Gasteiger partial charge < -0.3 is 10.3 Å². The minimum absolute atomic E-state index is 0.00142. The molecular formula is C11H12N4O3S. The first-order valence-electron chi connectivity index (χ1n) is 5.86. The fraction of sp³-hybridized carbons (Fsp3) is 0.364. The molecule has 100 valence electrons. The molecule has 0 radical (unpaired) electrons. The number of hydrogen-bond donors (Lipinski definition) is 2. The van der Waals surface area contributed by atoms with Crippen LogP contribution in [0.4, 0.5) is 0 Å². The van der Waals surface area contributed by atoms with Crippen LogP contribution in [0.5, 0.6) is 0 Å². The minimum atomic E-state index is -3.00. The number of fused-ring (bicyclic) bond motifs is 1. The third-order valence-corrected chi connectivity index (χ3v) is 4.87. The van der Waals surface area contributed by atoms with Gasteiger partial charge in [-0.25, -0.2) is 8.42 Å². The van der Waals surface area contributed by atoms with Gasteiger partial charge >= 0.3 is 0 Å². The van der Waals surface area contributed by atoms with Gasteiger partial charge in [-0.05, 0) is 18.6 Å². The Morgan fingerprint density at radius 3 is 3.00 bits per heavy atom. The van der Waals surface area contributed by atoms with Gasteiger partial charge in [-0.1, -0.05) is 0 Å². The topological polar surface area (TPSA) is 105 Å². The van der Waals surface area contributed by atoms with Crippen molar-refractivity contribution in [1.82, 2.24) is 20.5 Å². The normalized spacial score (nSPS) is 21.6. The Labute approximate surface area is 109 Å². The highest BCUT2D eigenvalue weighted by Crippen LogP contribution is 2.13. The van der Waals surface area contributed by atoms with Crippen molar-refractivity contribution in [1.29, 1.82) is 0 Å². The SMILES string of the molecule is O=C(NC1CCS(=O)(=O)C1)c1cc2cc[nH]c2nn1. The van der Waals surface area contributed by atoms with Crippen molar-refractivity contribution in [2.45, 2.75) is 12.5 Å². The molecule has 2 aromatic rings. The second kappa shape index (κ2) is 4.30. The maximum atomic E-state index is 12.0. The predicted octanol–water partition coefficient (Wildman–Crippen LogP) is -0.125. The van der Waals surface area contributed by atoms with Gasteiger partial charge in [-0.15, -0.1) is 10.2 Å². The van der Waals surface area contributed by atoms with Crippen LogP contribution in [0.1, 0.15) is 16.9 Å². The molecule has 1 unspecified atom stereocenters. The molecule has 3 rings (SSSR count). The van der Waals surface area contributed by atoms with Crippen LogP contribution >= 0.6 is 0 Å². The molecule has 0 saturated carbocycles. The Morgan fingerprint density at radius 2 is 2.26 bits per heavy atom. The van der Waals surface area contributed by atoms with Crippen molar-refractivity contribution in [2.75, 3.05) is 11.5 Å². The van der Waals surface area contributed by atoms with E-state index in [4.69, 9.17) is 0 Å². The summed E-state index contributed by atoms with van der Waals surface area (Å²) in [5.41, 5.74) is 0.802. The van der Waals surface area contributed by atoms with Crippen LogP contribution in [0.15, 0.2) is 18.3 Å². The number of nitrogens with one attached hydrogen (secondary N) is 2. The van der Waals surface area contributed by atoms with Crippen LogP contribution < -0.4 is 5.32 Å². The Bertz CT molecular complexity index is 737. The summed E-state index contributed by atoms with van der Waals surface area (Å²) in [7, 11) is -3.00. The van der Waals surface area contributed by atoms with Crippen molar-refractivity contribution in [3.63, 3.8) is 0 Å². The van der Waals surface area contributed by atoms with Crippen molar-refractivity contribution < 1.29 is 13.2 Å². The molecule has 2 aromatic heterocycles. The van der Waals surface area contributed by atoms with Gasteiger partial charge in [0.25, 0.3) is 5.91 Å². The number of sulfone groups is 1. The first kappa shape index (κ1) is 12.1. The van der Waals surface area contributed by atoms with E-state index in [1.807, 2.05) is 0 Å². The molecule has 1 aliphatic heterocycles. The van der Waals surface area contributed by atoms with Crippen LogP contribution in [-0.4, -0.2) is 47.1 Å². The summed E-state index contributed by atoms with van der Waals surface area (Å²) < 4.78 is 22.6. The molecule has 0 spiro atoms. The lowest BCUT2D eigenvalue weighted by atomic mass is 10.2. The maximum Gasteiger partial charge on any atom is 0.272 e. The quantitative estimate of drug-likeness (QED) is 0.797. The van der Waals surface area contributed by atoms with E-state index >= 15 is 0 Å². The van der Waals surface area contributed by atoms with Crippen LogP contribution in [0.25, 0.3) is 11.0 Å². The molecule has 1 amide bonds. The number of H-pyrrole nitrogens is 1. The lowest BCUT2D eigenvalue weighted by Crippen LogP contribution is -2.36. The van der Waals surface area contributed by atoms with Gasteiger partial charge in [0.15, 0.2) is 21.2 Å². The highest BCUT2D eigenvalue weighted by Gasteiger charge is 2.29. The summed E-state index contributed by atoms with van der Waals surface area (Å²) in [5.74, 6) is -0.267. The van der Waals surface area contributed by atoms with Crippen molar-refractivity contribution in [3.05, 3.63) is 24.0 Å². The molecule has 1 fully saturated rings. The monoisotopic (exact) mass is 280 g/mol. The number of aromatic nitrogens is 3. The van der Waals surface area contributed by atoms with Crippen LogP contribution in [0, 0.1) is 0 Å². The summed E-state index contributed by atoms with van der Waals surface area (Å²) in [6.45, 7) is 0. The Balaban J connectivity index is 1.76. The molecule has 3 heterocycles. The second-order valence-electron chi connectivity index (χ2n) is 4.58. The minimum Gasteiger partial charge on any atom is -0.347 e. The van der Waals surface area contributed by atoms with E-state index in [0.29, 0.717) is 12.1 Å². The Kier molecular flexibility index (Phi) is 2.74. The second-order valence-corrected chi connectivity index (χ2v) is 6.81. The number of carbonyl (C=O) groups excluding carboxylic acids is 1.